The van der Waals surface area contributed by atoms with Gasteiger partial charge in [-0.25, -0.2) is 0 Å². The van der Waals surface area contributed by atoms with Crippen molar-refractivity contribution in [3.63, 3.8) is 0 Å². The van der Waals surface area contributed by atoms with Crippen LogP contribution in [0.3, 0.4) is 0 Å². The molecule has 3 aliphatic carbocycles. The Labute approximate surface area is 153 Å². The number of carbonyl (C=O) groups excluding carboxylic acids is 2. The number of benzene rings is 1. The van der Waals surface area contributed by atoms with E-state index in [0.717, 1.165) is 30.1 Å². The summed E-state index contributed by atoms with van der Waals surface area (Å²) in [5.41, 5.74) is 0.105. The molecule has 0 N–H and O–H groups in total. The lowest BCUT2D eigenvalue weighted by Crippen LogP contribution is -2.30. The molecule has 134 valence electrons. The van der Waals surface area contributed by atoms with E-state index in [-0.39, 0.29) is 57.7 Å². The second kappa shape index (κ2) is 5.10. The molecule has 5 rings (SSSR count). The first kappa shape index (κ1) is 15.9. The largest absolute Gasteiger partial charge is 0.279 e. The smallest absolute Gasteiger partial charge is 0.272 e. The van der Waals surface area contributed by atoms with Crippen molar-refractivity contribution in [2.24, 2.45) is 34.2 Å². The van der Waals surface area contributed by atoms with E-state index in [1.807, 2.05) is 6.07 Å². The number of imide groups is 1. The summed E-state index contributed by atoms with van der Waals surface area (Å²) < 4.78 is 0. The maximum atomic E-state index is 12.8. The minimum Gasteiger partial charge on any atom is -0.272 e. The molecule has 8 nitrogen and oxygen atoms in total. The summed E-state index contributed by atoms with van der Waals surface area (Å²) in [4.78, 5) is 36.3. The van der Waals surface area contributed by atoms with Crippen LogP contribution in [0.25, 0.3) is 0 Å². The number of hydrogen-bond acceptors (Lipinski definition) is 6. The van der Waals surface area contributed by atoms with Crippen LogP contribution in [0.15, 0.2) is 35.5 Å². The average Bonchev–Trinajstić information content (AvgIpc) is 3.26. The fourth-order valence-electron chi connectivity index (χ4n) is 5.18. The number of nitro groups is 1. The lowest BCUT2D eigenvalue weighted by molar-refractivity contribution is -0.385. The molecule has 0 aromatic heterocycles. The van der Waals surface area contributed by atoms with Gasteiger partial charge in [0, 0.05) is 6.07 Å². The van der Waals surface area contributed by atoms with Crippen LogP contribution in [0.2, 0.25) is 0 Å². The standard InChI is InChI=1S/C19H14N4O4/c20-8-10-1-2-11(14(7-10)23(26)27)9-21-22-17(24)15-12-3-4-13(16(15)18(22)25)19(12)5-6-19/h1-4,7,9,12-13,15-16H,5-6H2/b21-9-/t12-,13-,15-,16+/m1/s1. The fraction of sp³-hybridized carbons (Fsp3) is 0.368. The number of allylic oxidation sites excluding steroid dienone is 2. The van der Waals surface area contributed by atoms with E-state index in [1.54, 1.807) is 0 Å². The van der Waals surface area contributed by atoms with Crippen molar-refractivity contribution in [1.82, 2.24) is 5.01 Å². The van der Waals surface area contributed by atoms with Gasteiger partial charge < -0.3 is 0 Å². The van der Waals surface area contributed by atoms with Crippen molar-refractivity contribution >= 4 is 23.7 Å². The third-order valence-corrected chi connectivity index (χ3v) is 6.50. The zero-order chi connectivity index (χ0) is 18.9. The Balaban J connectivity index is 1.45. The Morgan fingerprint density at radius 1 is 1.22 bits per heavy atom. The number of hydrazone groups is 1. The zero-order valence-corrected chi connectivity index (χ0v) is 14.1. The van der Waals surface area contributed by atoms with Gasteiger partial charge in [-0.1, -0.05) is 12.2 Å². The number of nitro benzene ring substituents is 1. The van der Waals surface area contributed by atoms with Crippen LogP contribution in [-0.2, 0) is 9.59 Å². The third-order valence-electron chi connectivity index (χ3n) is 6.50. The van der Waals surface area contributed by atoms with E-state index >= 15 is 0 Å². The maximum Gasteiger partial charge on any atom is 0.279 e. The van der Waals surface area contributed by atoms with Gasteiger partial charge in [-0.15, -0.1) is 0 Å². The van der Waals surface area contributed by atoms with E-state index in [4.69, 9.17) is 5.26 Å². The SMILES string of the molecule is N#Cc1ccc(/C=N\N2C(=O)[C@@H]3[C@H](C2=O)[C@H]2C=C[C@H]3C23CC3)c([N+](=O)[O-])c1. The molecule has 27 heavy (non-hydrogen) atoms. The molecule has 1 aromatic rings. The number of hydrogen-bond donors (Lipinski definition) is 0. The predicted octanol–water partition coefficient (Wildman–Crippen LogP) is 2.00. The summed E-state index contributed by atoms with van der Waals surface area (Å²) >= 11 is 0. The number of amides is 2. The van der Waals surface area contributed by atoms with Gasteiger partial charge in [-0.3, -0.25) is 19.7 Å². The Morgan fingerprint density at radius 3 is 2.37 bits per heavy atom. The van der Waals surface area contributed by atoms with Gasteiger partial charge in [0.1, 0.15) is 0 Å². The molecule has 0 unspecified atom stereocenters. The van der Waals surface area contributed by atoms with Crippen LogP contribution < -0.4 is 0 Å². The minimum atomic E-state index is -0.619. The fourth-order valence-corrected chi connectivity index (χ4v) is 5.18. The van der Waals surface area contributed by atoms with Crippen molar-refractivity contribution in [1.29, 1.82) is 5.26 Å². The highest BCUT2D eigenvalue weighted by Gasteiger charge is 2.73. The zero-order valence-electron chi connectivity index (χ0n) is 14.1. The number of nitriles is 1. The van der Waals surface area contributed by atoms with Crippen LogP contribution in [-0.4, -0.2) is 28.0 Å². The van der Waals surface area contributed by atoms with Crippen LogP contribution in [0.4, 0.5) is 5.69 Å². The molecule has 2 saturated carbocycles. The van der Waals surface area contributed by atoms with Crippen LogP contribution in [0.1, 0.15) is 24.0 Å². The summed E-state index contributed by atoms with van der Waals surface area (Å²) in [5.74, 6) is -1.14. The molecule has 1 heterocycles. The lowest BCUT2D eigenvalue weighted by Gasteiger charge is -2.18. The van der Waals surface area contributed by atoms with Crippen LogP contribution >= 0.6 is 0 Å². The molecule has 1 spiro atoms. The summed E-state index contributed by atoms with van der Waals surface area (Å²) in [6.45, 7) is 0. The lowest BCUT2D eigenvalue weighted by atomic mass is 9.85. The van der Waals surface area contributed by atoms with E-state index < -0.39 is 4.92 Å². The Bertz CT molecular complexity index is 983. The topological polar surface area (TPSA) is 117 Å². The third kappa shape index (κ3) is 1.94. The second-order valence-electron chi connectivity index (χ2n) is 7.60. The summed E-state index contributed by atoms with van der Waals surface area (Å²) in [6, 6.07) is 5.80. The highest BCUT2D eigenvalue weighted by atomic mass is 16.6. The molecule has 2 bridgehead atoms. The quantitative estimate of drug-likeness (QED) is 0.268. The molecular weight excluding hydrogens is 348 g/mol. The molecule has 1 aliphatic heterocycles. The Hall–Kier alpha value is -3.34. The first-order valence-electron chi connectivity index (χ1n) is 8.76. The van der Waals surface area contributed by atoms with E-state index in [9.17, 15) is 19.7 Å². The highest BCUT2D eigenvalue weighted by Crippen LogP contribution is 2.73. The predicted molar refractivity (Wildman–Crippen MR) is 92.0 cm³/mol. The first-order valence-corrected chi connectivity index (χ1v) is 8.76. The molecule has 4 aliphatic rings. The minimum absolute atomic E-state index is 0.105. The van der Waals surface area contributed by atoms with Crippen molar-refractivity contribution < 1.29 is 14.5 Å². The van der Waals surface area contributed by atoms with Gasteiger partial charge in [0.15, 0.2) is 0 Å². The highest BCUT2D eigenvalue weighted by molar-refractivity contribution is 6.07. The van der Waals surface area contributed by atoms with E-state index in [1.165, 1.54) is 12.1 Å². The Morgan fingerprint density at radius 2 is 1.85 bits per heavy atom. The van der Waals surface area contributed by atoms with Gasteiger partial charge in [0.05, 0.1) is 40.2 Å². The number of carbonyl (C=O) groups is 2. The van der Waals surface area contributed by atoms with E-state index in [2.05, 4.69) is 17.3 Å². The second-order valence-corrected chi connectivity index (χ2v) is 7.60. The number of fused-ring (bicyclic) bond motifs is 3. The van der Waals surface area contributed by atoms with Crippen molar-refractivity contribution in [3.8, 4) is 6.07 Å². The Kier molecular flexibility index (Phi) is 3.00. The normalized spacial score (nSPS) is 31.7. The van der Waals surface area contributed by atoms with Crippen LogP contribution in [0.5, 0.6) is 0 Å². The molecule has 4 atom stereocenters. The monoisotopic (exact) mass is 362 g/mol. The van der Waals surface area contributed by atoms with Gasteiger partial charge in [-0.2, -0.15) is 15.4 Å². The molecule has 0 radical (unpaired) electrons. The molecule has 1 saturated heterocycles. The van der Waals surface area contributed by atoms with Gasteiger partial charge in [0.25, 0.3) is 17.5 Å². The molecule has 3 fully saturated rings. The molecular formula is C19H14N4O4. The summed E-state index contributed by atoms with van der Waals surface area (Å²) in [5, 5.41) is 25.0. The average molecular weight is 362 g/mol. The number of nitrogens with zero attached hydrogens (tertiary/aromatic N) is 4. The number of rotatable bonds is 3. The van der Waals surface area contributed by atoms with Crippen LogP contribution in [0, 0.1) is 50.5 Å². The van der Waals surface area contributed by atoms with E-state index in [0.29, 0.717) is 0 Å². The van der Waals surface area contributed by atoms with Crippen molar-refractivity contribution in [2.75, 3.05) is 0 Å². The van der Waals surface area contributed by atoms with Gasteiger partial charge in [-0.05, 0) is 42.2 Å². The summed E-state index contributed by atoms with van der Waals surface area (Å²) in [7, 11) is 0. The molecule has 2 amide bonds. The maximum absolute atomic E-state index is 12.8. The van der Waals surface area contributed by atoms with Crippen molar-refractivity contribution in [3.05, 3.63) is 51.6 Å². The summed E-state index contributed by atoms with van der Waals surface area (Å²) in [6.07, 6.45) is 7.41. The molecule has 1 aromatic carbocycles. The molecule has 8 heteroatoms. The van der Waals surface area contributed by atoms with Gasteiger partial charge in [0.2, 0.25) is 0 Å². The van der Waals surface area contributed by atoms with Crippen molar-refractivity contribution in [2.45, 2.75) is 12.8 Å². The van der Waals surface area contributed by atoms with Gasteiger partial charge >= 0.3 is 0 Å². The first-order chi connectivity index (χ1) is 13.0.